The number of fused-ring (bicyclic) bond motifs is 1. The fourth-order valence-corrected chi connectivity index (χ4v) is 5.56. The highest BCUT2D eigenvalue weighted by Crippen LogP contribution is 2.45. The lowest BCUT2D eigenvalue weighted by atomic mass is 9.73. The van der Waals surface area contributed by atoms with E-state index in [9.17, 15) is 18.5 Å². The summed E-state index contributed by atoms with van der Waals surface area (Å²) in [7, 11) is -3.86. The Morgan fingerprint density at radius 3 is 2.42 bits per heavy atom. The van der Waals surface area contributed by atoms with E-state index in [1.165, 1.54) is 28.6 Å². The van der Waals surface area contributed by atoms with E-state index >= 15 is 0 Å². The summed E-state index contributed by atoms with van der Waals surface area (Å²) in [6.45, 7) is 7.86. The summed E-state index contributed by atoms with van der Waals surface area (Å²) >= 11 is 0. The molecule has 1 heterocycles. The van der Waals surface area contributed by atoms with Crippen molar-refractivity contribution >= 4 is 21.5 Å². The predicted octanol–water partition coefficient (Wildman–Crippen LogP) is 3.52. The first-order chi connectivity index (χ1) is 12.1. The van der Waals surface area contributed by atoms with Crippen LogP contribution in [0.2, 0.25) is 0 Å². The smallest absolute Gasteiger partial charge is 0.262 e. The van der Waals surface area contributed by atoms with Crippen LogP contribution in [-0.2, 0) is 10.0 Å². The van der Waals surface area contributed by atoms with E-state index in [4.69, 9.17) is 4.99 Å². The quantitative estimate of drug-likeness (QED) is 0.456. The van der Waals surface area contributed by atoms with Gasteiger partial charge in [0.2, 0.25) is 0 Å². The maximum atomic E-state index is 13.3. The zero-order chi connectivity index (χ0) is 19.3. The molecule has 0 radical (unpaired) electrons. The van der Waals surface area contributed by atoms with E-state index in [-0.39, 0.29) is 22.5 Å². The van der Waals surface area contributed by atoms with Gasteiger partial charge in [-0.3, -0.25) is 15.1 Å². The van der Waals surface area contributed by atoms with Gasteiger partial charge in [0, 0.05) is 12.1 Å². The third-order valence-electron chi connectivity index (χ3n) is 5.42. The molecule has 0 fully saturated rings. The topological polar surface area (TPSA) is 92.9 Å². The minimum atomic E-state index is -3.86. The number of rotatable bonds is 4. The maximum Gasteiger partial charge on any atom is 0.269 e. The lowest BCUT2D eigenvalue weighted by Gasteiger charge is -2.41. The number of aliphatic imine (C=N–C) groups is 1. The highest BCUT2D eigenvalue weighted by atomic mass is 32.2. The molecule has 0 aromatic heterocycles. The number of hydrogen-bond acceptors (Lipinski definition) is 5. The summed E-state index contributed by atoms with van der Waals surface area (Å²) in [5, 5.41) is 10.8. The van der Waals surface area contributed by atoms with Gasteiger partial charge in [-0.15, -0.1) is 0 Å². The van der Waals surface area contributed by atoms with E-state index in [0.717, 1.165) is 18.4 Å². The van der Waals surface area contributed by atoms with Gasteiger partial charge in [-0.25, -0.2) is 12.7 Å². The van der Waals surface area contributed by atoms with E-state index in [1.54, 1.807) is 6.92 Å². The Hall–Kier alpha value is -2.22. The maximum absolute atomic E-state index is 13.3. The van der Waals surface area contributed by atoms with Crippen LogP contribution in [0.5, 0.6) is 0 Å². The van der Waals surface area contributed by atoms with E-state index < -0.39 is 20.5 Å². The van der Waals surface area contributed by atoms with Crippen LogP contribution in [0.3, 0.4) is 0 Å². The van der Waals surface area contributed by atoms with Crippen molar-refractivity contribution in [1.82, 2.24) is 4.31 Å². The van der Waals surface area contributed by atoms with Gasteiger partial charge in [-0.1, -0.05) is 25.5 Å². The van der Waals surface area contributed by atoms with Crippen molar-refractivity contribution < 1.29 is 13.3 Å². The molecule has 0 spiro atoms. The van der Waals surface area contributed by atoms with Gasteiger partial charge in [0.1, 0.15) is 5.84 Å². The molecule has 8 heteroatoms. The van der Waals surface area contributed by atoms with Crippen molar-refractivity contribution in [3.8, 4) is 0 Å². The molecule has 0 amide bonds. The van der Waals surface area contributed by atoms with Crippen LogP contribution < -0.4 is 0 Å². The molecule has 3 rings (SSSR count). The molecule has 26 heavy (non-hydrogen) atoms. The van der Waals surface area contributed by atoms with E-state index in [1.807, 2.05) is 13.0 Å². The minimum absolute atomic E-state index is 0.0360. The summed E-state index contributed by atoms with van der Waals surface area (Å²) in [5.74, 6) is 0.650. The normalized spacial score (nSPS) is 25.7. The first-order valence-electron chi connectivity index (χ1n) is 8.62. The Kier molecular flexibility index (Phi) is 4.42. The van der Waals surface area contributed by atoms with Gasteiger partial charge >= 0.3 is 0 Å². The van der Waals surface area contributed by atoms with Crippen LogP contribution in [0.15, 0.2) is 45.8 Å². The third-order valence-corrected chi connectivity index (χ3v) is 7.30. The largest absolute Gasteiger partial charge is 0.269 e. The lowest BCUT2D eigenvalue weighted by Crippen LogP contribution is -2.52. The van der Waals surface area contributed by atoms with Crippen molar-refractivity contribution in [1.29, 1.82) is 0 Å². The Morgan fingerprint density at radius 1 is 1.27 bits per heavy atom. The number of nitro groups is 1. The summed E-state index contributed by atoms with van der Waals surface area (Å²) in [6, 6.07) is 4.64. The third kappa shape index (κ3) is 2.72. The summed E-state index contributed by atoms with van der Waals surface area (Å²) < 4.78 is 28.0. The fourth-order valence-electron chi connectivity index (χ4n) is 3.92. The molecular formula is C18H23N3O4S. The predicted molar refractivity (Wildman–Crippen MR) is 99.6 cm³/mol. The van der Waals surface area contributed by atoms with Gasteiger partial charge in [0.05, 0.1) is 21.4 Å². The number of benzene rings is 1. The van der Waals surface area contributed by atoms with Crippen molar-refractivity contribution in [2.75, 3.05) is 0 Å². The van der Waals surface area contributed by atoms with Crippen LogP contribution >= 0.6 is 0 Å². The summed E-state index contributed by atoms with van der Waals surface area (Å²) in [6.07, 6.45) is 3.71. The molecule has 0 N–H and O–H groups in total. The Morgan fingerprint density at radius 2 is 1.88 bits per heavy atom. The van der Waals surface area contributed by atoms with Crippen LogP contribution in [0.1, 0.15) is 40.5 Å². The molecule has 0 saturated carbocycles. The number of nitrogens with zero attached hydrogens (tertiary/aromatic N) is 3. The molecular weight excluding hydrogens is 354 g/mol. The Balaban J connectivity index is 2.08. The molecule has 1 aromatic rings. The second-order valence-electron chi connectivity index (χ2n) is 7.31. The molecule has 1 aliphatic heterocycles. The highest BCUT2D eigenvalue weighted by Gasteiger charge is 2.53. The lowest BCUT2D eigenvalue weighted by molar-refractivity contribution is -0.384. The number of amidine groups is 1. The average molecular weight is 377 g/mol. The Labute approximate surface area is 153 Å². The number of hydrogen-bond donors (Lipinski definition) is 0. The number of sulfonamides is 1. The van der Waals surface area contributed by atoms with Crippen molar-refractivity contribution in [2.24, 2.45) is 10.9 Å². The molecule has 2 unspecified atom stereocenters. The van der Waals surface area contributed by atoms with Gasteiger partial charge in [0.25, 0.3) is 15.7 Å². The van der Waals surface area contributed by atoms with Gasteiger partial charge in [-0.2, -0.15) is 0 Å². The second kappa shape index (κ2) is 6.19. The first kappa shape index (κ1) is 18.6. The Bertz CT molecular complexity index is 903. The van der Waals surface area contributed by atoms with Gasteiger partial charge in [-0.05, 0) is 44.7 Å². The molecule has 0 saturated heterocycles. The first-order valence-corrected chi connectivity index (χ1v) is 10.1. The highest BCUT2D eigenvalue weighted by molar-refractivity contribution is 7.89. The molecule has 140 valence electrons. The zero-order valence-electron chi connectivity index (χ0n) is 15.3. The monoisotopic (exact) mass is 377 g/mol. The molecule has 7 nitrogen and oxygen atoms in total. The average Bonchev–Trinajstić information content (AvgIpc) is 2.88. The van der Waals surface area contributed by atoms with Crippen molar-refractivity contribution in [2.45, 2.75) is 57.0 Å². The number of nitro benzene ring substituents is 1. The summed E-state index contributed by atoms with van der Waals surface area (Å²) in [5.41, 5.74) is 0.554. The van der Waals surface area contributed by atoms with Crippen LogP contribution in [0, 0.1) is 16.0 Å². The second-order valence-corrected chi connectivity index (χ2v) is 9.13. The number of allylic oxidation sites excluding steroid dienone is 1. The molecule has 1 aliphatic carbocycles. The number of non-ortho nitro benzene ring substituents is 1. The minimum Gasteiger partial charge on any atom is -0.262 e. The molecule has 2 atom stereocenters. The SMILES string of the molecule is CC1=CC2N(S(=O)(=O)c3ccc([N+](=O)[O-])cc3)C(C)=NC2(C(C)C)CC1. The molecule has 0 bridgehead atoms. The van der Waals surface area contributed by atoms with Gasteiger partial charge in [0.15, 0.2) is 0 Å². The van der Waals surface area contributed by atoms with Crippen LogP contribution in [0.25, 0.3) is 0 Å². The van der Waals surface area contributed by atoms with E-state index in [0.29, 0.717) is 5.84 Å². The van der Waals surface area contributed by atoms with Crippen LogP contribution in [-0.4, -0.2) is 35.1 Å². The zero-order valence-corrected chi connectivity index (χ0v) is 16.2. The fraction of sp³-hybridized carbons (Fsp3) is 0.500. The van der Waals surface area contributed by atoms with Gasteiger partial charge < -0.3 is 0 Å². The standard InChI is InChI=1S/C18H23N3O4S/c1-12(2)18-10-9-13(3)11-17(18)20(14(4)19-18)26(24,25)16-7-5-15(6-8-16)21(22)23/h5-8,11-12,17H,9-10H2,1-4H3. The van der Waals surface area contributed by atoms with Crippen molar-refractivity contribution in [3.63, 3.8) is 0 Å². The van der Waals surface area contributed by atoms with Crippen molar-refractivity contribution in [3.05, 3.63) is 46.0 Å². The van der Waals surface area contributed by atoms with Crippen LogP contribution in [0.4, 0.5) is 5.69 Å². The van der Waals surface area contributed by atoms with E-state index in [2.05, 4.69) is 13.8 Å². The molecule has 2 aliphatic rings. The molecule has 1 aromatic carbocycles. The summed E-state index contributed by atoms with van der Waals surface area (Å²) in [4.78, 5) is 15.1.